The van der Waals surface area contributed by atoms with Crippen molar-refractivity contribution in [2.24, 2.45) is 11.8 Å². The third-order valence-electron chi connectivity index (χ3n) is 9.30. The van der Waals surface area contributed by atoms with E-state index in [-0.39, 0.29) is 15.8 Å². The van der Waals surface area contributed by atoms with E-state index in [2.05, 4.69) is 24.8 Å². The summed E-state index contributed by atoms with van der Waals surface area (Å²) in [6, 6.07) is 8.16. The maximum absolute atomic E-state index is 17.6. The van der Waals surface area contributed by atoms with Crippen molar-refractivity contribution >= 4 is 22.6 Å². The molecule has 1 unspecified atom stereocenters. The molecule has 1 N–H and O–H groups in total. The van der Waals surface area contributed by atoms with E-state index in [1.54, 1.807) is 18.2 Å². The average molecular weight is 619 g/mol. The quantitative estimate of drug-likeness (QED) is 0.103. The first-order valence-electron chi connectivity index (χ1n) is 15.4. The van der Waals surface area contributed by atoms with Crippen molar-refractivity contribution in [2.45, 2.75) is 128 Å². The van der Waals surface area contributed by atoms with Crippen LogP contribution in [0.5, 0.6) is 5.75 Å². The third kappa shape index (κ3) is 8.57. The minimum atomic E-state index is -3.40. The van der Waals surface area contributed by atoms with Gasteiger partial charge in [-0.15, -0.1) is 5.73 Å². The lowest BCUT2D eigenvalue weighted by Crippen LogP contribution is -2.69. The van der Waals surface area contributed by atoms with Crippen molar-refractivity contribution in [3.63, 3.8) is 0 Å². The molecule has 0 spiro atoms. The number of aliphatic carboxylic acids is 1. The zero-order chi connectivity index (χ0) is 32.0. The highest BCUT2D eigenvalue weighted by Gasteiger charge is 2.67. The molecule has 0 aliphatic heterocycles. The van der Waals surface area contributed by atoms with Crippen LogP contribution in [-0.2, 0) is 13.6 Å². The Labute approximate surface area is 256 Å². The van der Waals surface area contributed by atoms with Crippen molar-refractivity contribution in [1.29, 1.82) is 0 Å². The lowest BCUT2D eigenvalue weighted by Gasteiger charge is -2.51. The van der Waals surface area contributed by atoms with Gasteiger partial charge in [-0.25, -0.2) is 4.79 Å². The fraction of sp³-hybridized carbons (Fsp3) is 0.647. The maximum Gasteiger partial charge on any atom is 0.402 e. The second-order valence-electron chi connectivity index (χ2n) is 14.6. The molecule has 0 saturated heterocycles. The lowest BCUT2D eigenvalue weighted by atomic mass is 9.92. The van der Waals surface area contributed by atoms with Crippen LogP contribution in [0.25, 0.3) is 0 Å². The number of hydrogen-bond donors (Lipinski definition) is 1. The van der Waals surface area contributed by atoms with Crippen LogP contribution in [-0.4, -0.2) is 39.4 Å². The molecule has 1 aromatic carbocycles. The zero-order valence-electron chi connectivity index (χ0n) is 27.8. The minimum Gasteiger partial charge on any atom is -0.476 e. The van der Waals surface area contributed by atoms with Crippen LogP contribution < -0.4 is 4.74 Å². The molecule has 236 valence electrons. The Morgan fingerprint density at radius 1 is 1.00 bits per heavy atom. The highest BCUT2D eigenvalue weighted by molar-refractivity contribution is 6.75. The molecule has 0 bridgehead atoms. The summed E-state index contributed by atoms with van der Waals surface area (Å²) in [6.45, 7) is 22.1. The number of alkyl halides is 1. The number of benzene rings is 1. The fourth-order valence-electron chi connectivity index (χ4n) is 4.59. The van der Waals surface area contributed by atoms with Gasteiger partial charge in [0.25, 0.3) is 5.79 Å². The first-order valence-corrected chi connectivity index (χ1v) is 21.2. The van der Waals surface area contributed by atoms with Crippen molar-refractivity contribution in [3.05, 3.63) is 60.4 Å². The van der Waals surface area contributed by atoms with Gasteiger partial charge in [0.2, 0.25) is 0 Å². The summed E-state index contributed by atoms with van der Waals surface area (Å²) in [7, 11) is -5.73. The Balaban J connectivity index is 2.79. The molecule has 3 atom stereocenters. The van der Waals surface area contributed by atoms with E-state index in [4.69, 9.17) is 13.6 Å². The van der Waals surface area contributed by atoms with E-state index >= 15 is 4.39 Å². The fourth-order valence-corrected chi connectivity index (χ4v) is 7.27. The van der Waals surface area contributed by atoms with Gasteiger partial charge in [0, 0.05) is 6.08 Å². The van der Waals surface area contributed by atoms with Crippen LogP contribution in [0.4, 0.5) is 4.39 Å². The average Bonchev–Trinajstić information content (AvgIpc) is 3.31. The zero-order valence-corrected chi connectivity index (χ0v) is 29.8. The highest BCUT2D eigenvalue weighted by atomic mass is 28.4. The number of para-hydroxylation sites is 1. The largest absolute Gasteiger partial charge is 0.476 e. The van der Waals surface area contributed by atoms with Crippen LogP contribution in [0, 0.1) is 11.8 Å². The summed E-state index contributed by atoms with van der Waals surface area (Å²) in [4.78, 5) is 13.0. The molecule has 0 amide bonds. The van der Waals surface area contributed by atoms with E-state index in [0.717, 1.165) is 25.7 Å². The van der Waals surface area contributed by atoms with Gasteiger partial charge < -0.3 is 18.7 Å². The molecule has 1 aliphatic rings. The standard InChI is InChI=1S/C34H55FO5Si2/c1-12-13-20-27-22-19-23-28(27)21-17-18-26-33(39-41(8,9)31(2,3)4,40-42(10,11)32(5,6)7)34(35,30(36)37)38-29-24-15-14-16-25-29/h13-17,20,24-28H,12,19,21-23H2,1-11H3,(H,36,37)/b20-13+/t18?,27-,28-,34?/m0/s1/i39+0,40+0. The SMILES string of the molecule is CC/C=C/[C@H]1CCC[C@@H]1CC=C=CC([16O][Si](C)(C)C(C)(C)C)([16O][Si](C)(C)C(C)(C)C)C(F)(Oc1ccccc1)C(=O)O. The summed E-state index contributed by atoms with van der Waals surface area (Å²) in [5, 5.41) is 9.83. The van der Waals surface area contributed by atoms with Crippen LogP contribution in [0.15, 0.2) is 60.4 Å². The molecule has 2 rings (SSSR count). The molecular weight excluding hydrogens is 564 g/mol. The molecule has 42 heavy (non-hydrogen) atoms. The van der Waals surface area contributed by atoms with E-state index < -0.39 is 34.2 Å². The predicted molar refractivity (Wildman–Crippen MR) is 175 cm³/mol. The van der Waals surface area contributed by atoms with Gasteiger partial charge in [0.05, 0.1) is 0 Å². The molecule has 1 saturated carbocycles. The van der Waals surface area contributed by atoms with Crippen LogP contribution in [0.3, 0.4) is 0 Å². The Hall–Kier alpha value is -1.97. The number of carboxylic acids is 1. The normalized spacial score (nSPS) is 20.2. The molecule has 0 aromatic heterocycles. The summed E-state index contributed by atoms with van der Waals surface area (Å²) in [5.41, 5.74) is 3.16. The van der Waals surface area contributed by atoms with Gasteiger partial charge in [-0.3, -0.25) is 0 Å². The summed E-state index contributed by atoms with van der Waals surface area (Å²) >= 11 is 0. The Bertz CT molecular complexity index is 1100. The molecular formula is C34H55FO5Si2. The first kappa shape index (κ1) is 36.2. The van der Waals surface area contributed by atoms with Crippen LogP contribution in [0.2, 0.25) is 36.3 Å². The van der Waals surface area contributed by atoms with Gasteiger partial charge in [-0.05, 0) is 92.0 Å². The lowest BCUT2D eigenvalue weighted by molar-refractivity contribution is -0.266. The topological polar surface area (TPSA) is 65.0 Å². The Kier molecular flexibility index (Phi) is 11.9. The molecule has 0 heterocycles. The van der Waals surface area contributed by atoms with Crippen molar-refractivity contribution in [3.8, 4) is 5.75 Å². The van der Waals surface area contributed by atoms with Crippen molar-refractivity contribution in [2.75, 3.05) is 0 Å². The third-order valence-corrected chi connectivity index (χ3v) is 18.2. The van der Waals surface area contributed by atoms with Crippen molar-refractivity contribution in [1.82, 2.24) is 0 Å². The minimum absolute atomic E-state index is 0.0679. The van der Waals surface area contributed by atoms with Gasteiger partial charge in [-0.1, -0.05) is 85.2 Å². The predicted octanol–water partition coefficient (Wildman–Crippen LogP) is 10.0. The first-order chi connectivity index (χ1) is 19.2. The number of hydrogen-bond acceptors (Lipinski definition) is 4. The van der Waals surface area contributed by atoms with Crippen LogP contribution in [0.1, 0.15) is 80.6 Å². The van der Waals surface area contributed by atoms with Gasteiger partial charge >= 0.3 is 11.8 Å². The highest BCUT2D eigenvalue weighted by Crippen LogP contribution is 2.49. The summed E-state index contributed by atoms with van der Waals surface area (Å²) in [6.07, 6.45) is 13.0. The molecule has 1 aromatic rings. The molecule has 1 fully saturated rings. The number of halogens is 1. The second kappa shape index (κ2) is 13.8. The van der Waals surface area contributed by atoms with Gasteiger partial charge in [0.15, 0.2) is 16.6 Å². The summed E-state index contributed by atoms with van der Waals surface area (Å²) in [5.74, 6) is -6.59. The van der Waals surface area contributed by atoms with E-state index in [1.807, 2.05) is 73.8 Å². The van der Waals surface area contributed by atoms with Gasteiger partial charge in [-0.2, -0.15) is 4.39 Å². The molecule has 1 aliphatic carbocycles. The molecule has 0 radical (unpaired) electrons. The van der Waals surface area contributed by atoms with Crippen LogP contribution >= 0.6 is 0 Å². The Morgan fingerprint density at radius 2 is 1.55 bits per heavy atom. The van der Waals surface area contributed by atoms with Gasteiger partial charge in [0.1, 0.15) is 5.75 Å². The smallest absolute Gasteiger partial charge is 0.402 e. The van der Waals surface area contributed by atoms with Crippen molar-refractivity contribution < 1.29 is 27.9 Å². The number of ether oxygens (including phenoxy) is 1. The molecule has 8 heteroatoms. The number of rotatable bonds is 13. The van der Waals surface area contributed by atoms with E-state index in [0.29, 0.717) is 11.8 Å². The molecule has 5 nitrogen and oxygen atoms in total. The second-order valence-corrected chi connectivity index (χ2v) is 24.1. The van der Waals surface area contributed by atoms with E-state index in [9.17, 15) is 9.90 Å². The maximum atomic E-state index is 17.6. The number of allylic oxidation sites excluding steroid dienone is 2. The van der Waals surface area contributed by atoms with E-state index in [1.165, 1.54) is 24.6 Å². The summed E-state index contributed by atoms with van der Waals surface area (Å²) < 4.78 is 36.9. The Morgan fingerprint density at radius 3 is 2.02 bits per heavy atom. The number of carboxylic acid groups (broad SMARTS) is 1. The number of carbonyl (C=O) groups is 1. The monoisotopic (exact) mass is 618 g/mol.